The number of alkyl halides is 6. The first-order valence-electron chi connectivity index (χ1n) is 22.5. The fraction of sp³-hybridized carbons (Fsp3) is 0.0492. The van der Waals surface area contributed by atoms with E-state index in [-0.39, 0.29) is 0 Å². The molecule has 336 valence electrons. The maximum Gasteiger partial charge on any atom is 0.380 e. The van der Waals surface area contributed by atoms with E-state index in [9.17, 15) is 0 Å². The molecule has 0 bridgehead atoms. The van der Waals surface area contributed by atoms with E-state index in [4.69, 9.17) is 0 Å². The summed E-state index contributed by atoms with van der Waals surface area (Å²) in [5, 5.41) is 4.28. The summed E-state index contributed by atoms with van der Waals surface area (Å²) < 4.78 is 94.4. The van der Waals surface area contributed by atoms with Gasteiger partial charge in [0.1, 0.15) is 0 Å². The fourth-order valence-electron chi connectivity index (χ4n) is 9.56. The van der Waals surface area contributed by atoms with Gasteiger partial charge >= 0.3 is 17.8 Å². The molecule has 0 saturated carbocycles. The second-order valence-electron chi connectivity index (χ2n) is 17.1. The predicted molar refractivity (Wildman–Crippen MR) is 270 cm³/mol. The number of anilines is 6. The fourth-order valence-corrected chi connectivity index (χ4v) is 9.56. The summed E-state index contributed by atoms with van der Waals surface area (Å²) >= 11 is 0. The molecule has 1 aliphatic rings. The van der Waals surface area contributed by atoms with Crippen LogP contribution in [0.3, 0.4) is 0 Å². The molecule has 0 atom stereocenters. The Labute approximate surface area is 395 Å². The molecule has 0 N–H and O–H groups in total. The van der Waals surface area contributed by atoms with E-state index in [2.05, 4.69) is 58.3 Å². The lowest BCUT2D eigenvalue weighted by atomic mass is 9.92. The molecule has 10 aromatic rings. The highest BCUT2D eigenvalue weighted by molar-refractivity contribution is 6.02. The molecule has 69 heavy (non-hydrogen) atoms. The predicted octanol–water partition coefficient (Wildman–Crippen LogP) is 18.1. The maximum absolute atomic E-state index is 15.9. The Morgan fingerprint density at radius 3 is 0.884 bits per heavy atom. The summed E-state index contributed by atoms with van der Waals surface area (Å²) in [4.78, 5) is 4.28. The van der Waals surface area contributed by atoms with Crippen molar-refractivity contribution in [2.45, 2.75) is 17.8 Å². The summed E-state index contributed by atoms with van der Waals surface area (Å²) in [6.07, 6.45) is 0. The van der Waals surface area contributed by atoms with Crippen molar-refractivity contribution in [2.24, 2.45) is 0 Å². The van der Waals surface area contributed by atoms with Gasteiger partial charge in [-0.1, -0.05) is 182 Å². The largest absolute Gasteiger partial charge is 0.380 e. The number of nitrogens with zero attached hydrogens (tertiary/aromatic N) is 2. The third-order valence-electron chi connectivity index (χ3n) is 13.0. The number of hydrogen-bond acceptors (Lipinski definition) is 2. The Morgan fingerprint density at radius 1 is 0.246 bits per heavy atom. The molecular weight excluding hydrogens is 875 g/mol. The number of allylic oxidation sites excluding steroid dienone is 2. The minimum Gasteiger partial charge on any atom is -0.310 e. The van der Waals surface area contributed by atoms with Crippen LogP contribution < -0.4 is 9.80 Å². The van der Waals surface area contributed by atoms with E-state index in [0.717, 1.165) is 55.7 Å². The minimum atomic E-state index is -5.68. The van der Waals surface area contributed by atoms with Crippen LogP contribution in [-0.4, -0.2) is 17.8 Å². The van der Waals surface area contributed by atoms with Crippen LogP contribution in [0.5, 0.6) is 0 Å². The maximum atomic E-state index is 15.9. The third-order valence-corrected chi connectivity index (χ3v) is 13.0. The van der Waals surface area contributed by atoms with Crippen molar-refractivity contribution in [3.63, 3.8) is 0 Å². The van der Waals surface area contributed by atoms with Crippen LogP contribution in [0, 0.1) is 0 Å². The van der Waals surface area contributed by atoms with Crippen LogP contribution in [0.15, 0.2) is 243 Å². The average molecular weight is 915 g/mol. The lowest BCUT2D eigenvalue weighted by Gasteiger charge is -2.27. The number of fused-ring (bicyclic) bond motifs is 2. The monoisotopic (exact) mass is 914 g/mol. The van der Waals surface area contributed by atoms with E-state index < -0.39 is 40.0 Å². The molecular formula is C61H40F6N2. The molecule has 0 spiro atoms. The van der Waals surface area contributed by atoms with E-state index in [1.54, 1.807) is 0 Å². The average Bonchev–Trinajstić information content (AvgIpc) is 3.50. The zero-order valence-corrected chi connectivity index (χ0v) is 36.8. The molecule has 0 amide bonds. The van der Waals surface area contributed by atoms with Crippen LogP contribution in [0.1, 0.15) is 11.1 Å². The molecule has 11 rings (SSSR count). The smallest absolute Gasteiger partial charge is 0.310 e. The molecule has 0 aliphatic heterocycles. The summed E-state index contributed by atoms with van der Waals surface area (Å²) in [7, 11) is 0. The van der Waals surface area contributed by atoms with Crippen molar-refractivity contribution in [3.05, 3.63) is 254 Å². The highest BCUT2D eigenvalue weighted by Crippen LogP contribution is 2.64. The number of benzene rings is 10. The first-order valence-corrected chi connectivity index (χ1v) is 22.5. The SMILES string of the molecule is FC1(F)C(c2ccc(-c3ccc(N(c4ccccc4)c4cccc5ccccc45)cc3)cc2)=C(c2ccc(-c3ccc(N(c4ccccc4)c4cccc5ccccc45)cc3)cc2)C(F)(F)C1(F)F. The van der Waals surface area contributed by atoms with Crippen molar-refractivity contribution in [3.8, 4) is 22.3 Å². The lowest BCUT2D eigenvalue weighted by molar-refractivity contribution is -0.254. The van der Waals surface area contributed by atoms with Crippen LogP contribution in [0.2, 0.25) is 0 Å². The third kappa shape index (κ3) is 7.40. The number of halogens is 6. The first kappa shape index (κ1) is 43.2. The molecule has 0 radical (unpaired) electrons. The zero-order chi connectivity index (χ0) is 47.3. The van der Waals surface area contributed by atoms with Gasteiger partial charge in [0.2, 0.25) is 0 Å². The molecule has 2 nitrogen and oxygen atoms in total. The van der Waals surface area contributed by atoms with Gasteiger partial charge in [0, 0.05) is 44.7 Å². The Hall–Kier alpha value is -8.36. The van der Waals surface area contributed by atoms with Gasteiger partial charge in [-0.05, 0) is 105 Å². The first-order chi connectivity index (χ1) is 33.5. The quantitative estimate of drug-likeness (QED) is 0.126. The second kappa shape index (κ2) is 17.1. The highest BCUT2D eigenvalue weighted by atomic mass is 19.3. The normalized spacial score (nSPS) is 14.8. The molecule has 1 aliphatic carbocycles. The van der Waals surface area contributed by atoms with Crippen molar-refractivity contribution >= 4 is 66.8 Å². The topological polar surface area (TPSA) is 6.48 Å². The minimum absolute atomic E-state index is 0.424. The van der Waals surface area contributed by atoms with Crippen LogP contribution in [0.25, 0.3) is 54.9 Å². The molecule has 0 aromatic heterocycles. The van der Waals surface area contributed by atoms with Crippen molar-refractivity contribution < 1.29 is 26.3 Å². The van der Waals surface area contributed by atoms with Crippen LogP contribution in [-0.2, 0) is 0 Å². The Bertz CT molecular complexity index is 3260. The summed E-state index contributed by atoms with van der Waals surface area (Å²) in [6, 6.07) is 74.4. The summed E-state index contributed by atoms with van der Waals surface area (Å²) in [5.41, 5.74) is 4.48. The van der Waals surface area contributed by atoms with Gasteiger partial charge in [0.15, 0.2) is 0 Å². The van der Waals surface area contributed by atoms with Gasteiger partial charge in [-0.25, -0.2) is 0 Å². The van der Waals surface area contributed by atoms with Crippen molar-refractivity contribution in [2.75, 3.05) is 9.80 Å². The Morgan fingerprint density at radius 2 is 0.522 bits per heavy atom. The van der Waals surface area contributed by atoms with Crippen LogP contribution in [0.4, 0.5) is 60.5 Å². The van der Waals surface area contributed by atoms with E-state index in [1.807, 2.05) is 146 Å². The lowest BCUT2D eigenvalue weighted by Crippen LogP contribution is -2.48. The van der Waals surface area contributed by atoms with Gasteiger partial charge in [-0.2, -0.15) is 26.3 Å². The van der Waals surface area contributed by atoms with Gasteiger partial charge < -0.3 is 9.80 Å². The van der Waals surface area contributed by atoms with E-state index in [1.165, 1.54) is 48.5 Å². The van der Waals surface area contributed by atoms with E-state index >= 15 is 26.3 Å². The van der Waals surface area contributed by atoms with Crippen molar-refractivity contribution in [1.29, 1.82) is 0 Å². The Balaban J connectivity index is 0.906. The molecule has 10 aromatic carbocycles. The summed E-state index contributed by atoms with van der Waals surface area (Å²) in [6.45, 7) is 0. The standard InChI is InChI=1S/C61H40F6N2/c62-59(63)57(47-29-25-41(26-30-47)43-33-37-51(38-34-43)68(49-17-3-1-4-18-49)55-23-11-15-45-13-7-9-21-53(45)55)58(60(64,65)61(59,66)67)48-31-27-42(28-32-48)44-35-39-52(40-36-44)69(50-19-5-2-6-20-50)56-24-12-16-46-14-8-10-22-54(46)56/h1-40H. The van der Waals surface area contributed by atoms with Crippen molar-refractivity contribution in [1.82, 2.24) is 0 Å². The van der Waals surface area contributed by atoms with Gasteiger partial charge in [-0.15, -0.1) is 0 Å². The zero-order valence-electron chi connectivity index (χ0n) is 36.8. The molecule has 0 fully saturated rings. The number of rotatable bonds is 10. The second-order valence-corrected chi connectivity index (χ2v) is 17.1. The number of hydrogen-bond donors (Lipinski definition) is 0. The van der Waals surface area contributed by atoms with Gasteiger partial charge in [0.25, 0.3) is 0 Å². The molecule has 0 unspecified atom stereocenters. The van der Waals surface area contributed by atoms with E-state index in [0.29, 0.717) is 22.3 Å². The van der Waals surface area contributed by atoms with Gasteiger partial charge in [0.05, 0.1) is 11.4 Å². The molecule has 8 heteroatoms. The highest BCUT2D eigenvalue weighted by Gasteiger charge is 2.80. The van der Waals surface area contributed by atoms with Crippen LogP contribution >= 0.6 is 0 Å². The Kier molecular flexibility index (Phi) is 10.7. The summed E-state index contributed by atoms with van der Waals surface area (Å²) in [5.74, 6) is -16.0. The number of para-hydroxylation sites is 2. The molecule has 0 saturated heterocycles. The van der Waals surface area contributed by atoms with Gasteiger partial charge in [-0.3, -0.25) is 0 Å². The molecule has 0 heterocycles.